The van der Waals surface area contributed by atoms with Crippen molar-refractivity contribution < 1.29 is 14.0 Å². The molecule has 0 N–H and O–H groups in total. The third-order valence-corrected chi connectivity index (χ3v) is 2.72. The number of amides is 1. The lowest BCUT2D eigenvalue weighted by Gasteiger charge is -2.15. The van der Waals surface area contributed by atoms with Crippen LogP contribution in [-0.4, -0.2) is 24.1 Å². The molecule has 0 spiro atoms. The summed E-state index contributed by atoms with van der Waals surface area (Å²) in [6.45, 7) is 0.338. The lowest BCUT2D eigenvalue weighted by atomic mass is 10.1. The minimum atomic E-state index is -0.606. The lowest BCUT2D eigenvalue weighted by Crippen LogP contribution is -2.30. The summed E-state index contributed by atoms with van der Waals surface area (Å²) in [5, 5.41) is 0. The van der Waals surface area contributed by atoms with Crippen molar-refractivity contribution in [2.75, 3.05) is 17.3 Å². The van der Waals surface area contributed by atoms with Gasteiger partial charge >= 0.3 is 0 Å². The van der Waals surface area contributed by atoms with Gasteiger partial charge < -0.3 is 4.90 Å². The Bertz CT molecular complexity index is 461. The molecular formula is C11H9ClFNO2. The van der Waals surface area contributed by atoms with E-state index in [9.17, 15) is 14.0 Å². The van der Waals surface area contributed by atoms with Crippen molar-refractivity contribution >= 4 is 29.0 Å². The van der Waals surface area contributed by atoms with Crippen LogP contribution in [0.3, 0.4) is 0 Å². The van der Waals surface area contributed by atoms with Crippen LogP contribution in [0.2, 0.25) is 0 Å². The van der Waals surface area contributed by atoms with Crippen molar-refractivity contribution in [1.29, 1.82) is 0 Å². The fraction of sp³-hybridized carbons (Fsp3) is 0.273. The predicted molar refractivity (Wildman–Crippen MR) is 58.4 cm³/mol. The number of rotatable bonds is 3. The Balaban J connectivity index is 2.39. The van der Waals surface area contributed by atoms with E-state index in [1.165, 1.54) is 23.1 Å². The minimum Gasteiger partial charge on any atom is -0.305 e. The van der Waals surface area contributed by atoms with Crippen LogP contribution >= 0.6 is 11.6 Å². The number of carbonyl (C=O) groups excluding carboxylic acids is 2. The van der Waals surface area contributed by atoms with Crippen LogP contribution in [0.5, 0.6) is 0 Å². The monoisotopic (exact) mass is 241 g/mol. The first kappa shape index (κ1) is 11.1. The fourth-order valence-corrected chi connectivity index (χ4v) is 1.83. The van der Waals surface area contributed by atoms with Gasteiger partial charge in [0.05, 0.1) is 11.3 Å². The minimum absolute atomic E-state index is 0.265. The molecule has 0 aromatic heterocycles. The molecule has 0 fully saturated rings. The average molecular weight is 242 g/mol. The first-order chi connectivity index (χ1) is 7.65. The van der Waals surface area contributed by atoms with E-state index in [4.69, 9.17) is 11.6 Å². The highest BCUT2D eigenvalue weighted by Gasteiger charge is 2.35. The van der Waals surface area contributed by atoms with Gasteiger partial charge in [-0.15, -0.1) is 11.6 Å². The molecule has 1 aromatic rings. The van der Waals surface area contributed by atoms with Gasteiger partial charge in [-0.25, -0.2) is 4.39 Å². The van der Waals surface area contributed by atoms with Crippen molar-refractivity contribution in [3.05, 3.63) is 29.6 Å². The average Bonchev–Trinajstić information content (AvgIpc) is 2.50. The summed E-state index contributed by atoms with van der Waals surface area (Å²) in [7, 11) is 0. The Morgan fingerprint density at radius 1 is 1.31 bits per heavy atom. The van der Waals surface area contributed by atoms with Crippen molar-refractivity contribution in [3.63, 3.8) is 0 Å². The molecule has 0 saturated carbocycles. The molecule has 3 nitrogen and oxygen atoms in total. The molecule has 1 aromatic carbocycles. The van der Waals surface area contributed by atoms with Gasteiger partial charge in [0, 0.05) is 12.4 Å². The van der Waals surface area contributed by atoms with E-state index < -0.39 is 17.5 Å². The number of ketones is 1. The van der Waals surface area contributed by atoms with E-state index >= 15 is 0 Å². The number of nitrogens with zero attached hydrogens (tertiary/aromatic N) is 1. The van der Waals surface area contributed by atoms with Gasteiger partial charge in [0.15, 0.2) is 0 Å². The summed E-state index contributed by atoms with van der Waals surface area (Å²) in [4.78, 5) is 24.4. The number of Topliss-reactive ketones (excluding diaryl/α,β-unsaturated/α-hetero) is 1. The third kappa shape index (κ3) is 1.69. The molecule has 0 saturated heterocycles. The third-order valence-electron chi connectivity index (χ3n) is 2.45. The number of fused-ring (bicyclic) bond motifs is 1. The maximum Gasteiger partial charge on any atom is 0.299 e. The second-order valence-corrected chi connectivity index (χ2v) is 3.87. The summed E-state index contributed by atoms with van der Waals surface area (Å²) >= 11 is 5.53. The van der Waals surface area contributed by atoms with Gasteiger partial charge in [0.1, 0.15) is 5.82 Å². The predicted octanol–water partition coefficient (Wildman–Crippen LogP) is 1.98. The van der Waals surface area contributed by atoms with Gasteiger partial charge in [0.2, 0.25) is 0 Å². The molecule has 5 heteroatoms. The zero-order valence-electron chi connectivity index (χ0n) is 8.37. The molecule has 0 aliphatic carbocycles. The molecule has 1 amide bonds. The summed E-state index contributed by atoms with van der Waals surface area (Å²) in [5.41, 5.74) is 0.612. The molecule has 1 heterocycles. The standard InChI is InChI=1S/C11H9ClFNO2/c12-4-1-5-14-9-6-7(13)2-3-8(9)10(15)11(14)16/h2-3,6H,1,4-5H2. The number of hydrogen-bond acceptors (Lipinski definition) is 2. The Hall–Kier alpha value is -1.42. The first-order valence-corrected chi connectivity index (χ1v) is 5.40. The zero-order chi connectivity index (χ0) is 11.7. The van der Waals surface area contributed by atoms with Crippen LogP contribution in [0.25, 0.3) is 0 Å². The van der Waals surface area contributed by atoms with Crippen molar-refractivity contribution in [3.8, 4) is 0 Å². The molecule has 2 rings (SSSR count). The van der Waals surface area contributed by atoms with Crippen molar-refractivity contribution in [2.45, 2.75) is 6.42 Å². The molecule has 1 aliphatic heterocycles. The van der Waals surface area contributed by atoms with Crippen LogP contribution in [-0.2, 0) is 4.79 Å². The molecule has 0 unspecified atom stereocenters. The maximum atomic E-state index is 13.0. The number of halogens is 2. The van der Waals surface area contributed by atoms with Crippen LogP contribution in [0.15, 0.2) is 18.2 Å². The Morgan fingerprint density at radius 3 is 2.75 bits per heavy atom. The second-order valence-electron chi connectivity index (χ2n) is 3.49. The van der Waals surface area contributed by atoms with E-state index in [1.54, 1.807) is 0 Å². The van der Waals surface area contributed by atoms with Crippen LogP contribution in [0.1, 0.15) is 16.8 Å². The largest absolute Gasteiger partial charge is 0.305 e. The number of carbonyl (C=O) groups is 2. The molecule has 0 atom stereocenters. The first-order valence-electron chi connectivity index (χ1n) is 4.87. The van der Waals surface area contributed by atoms with E-state index in [1.807, 2.05) is 0 Å². The van der Waals surface area contributed by atoms with E-state index in [2.05, 4.69) is 0 Å². The van der Waals surface area contributed by atoms with E-state index in [0.717, 1.165) is 0 Å². The Labute approximate surface area is 96.8 Å². The number of benzene rings is 1. The van der Waals surface area contributed by atoms with Gasteiger partial charge in [-0.1, -0.05) is 0 Å². The summed E-state index contributed by atoms with van der Waals surface area (Å²) in [6.07, 6.45) is 0.566. The van der Waals surface area contributed by atoms with Crippen molar-refractivity contribution in [1.82, 2.24) is 0 Å². The highest BCUT2D eigenvalue weighted by Crippen LogP contribution is 2.29. The normalized spacial score (nSPS) is 14.5. The van der Waals surface area contributed by atoms with Crippen LogP contribution in [0, 0.1) is 5.82 Å². The quantitative estimate of drug-likeness (QED) is 0.600. The summed E-state index contributed by atoms with van der Waals surface area (Å²) in [6, 6.07) is 3.72. The van der Waals surface area contributed by atoms with Gasteiger partial charge in [-0.3, -0.25) is 9.59 Å². The van der Waals surface area contributed by atoms with Gasteiger partial charge in [-0.2, -0.15) is 0 Å². The summed E-state index contributed by atoms with van der Waals surface area (Å²) < 4.78 is 13.0. The number of anilines is 1. The topological polar surface area (TPSA) is 37.4 Å². The number of hydrogen-bond donors (Lipinski definition) is 0. The summed E-state index contributed by atoms with van der Waals surface area (Å²) in [5.74, 6) is -1.25. The molecule has 0 radical (unpaired) electrons. The zero-order valence-corrected chi connectivity index (χ0v) is 9.13. The molecular weight excluding hydrogens is 233 g/mol. The van der Waals surface area contributed by atoms with Gasteiger partial charge in [0.25, 0.3) is 11.7 Å². The van der Waals surface area contributed by atoms with E-state index in [0.29, 0.717) is 24.5 Å². The number of alkyl halides is 1. The molecule has 16 heavy (non-hydrogen) atoms. The lowest BCUT2D eigenvalue weighted by molar-refractivity contribution is -0.114. The molecule has 1 aliphatic rings. The second kappa shape index (κ2) is 4.22. The van der Waals surface area contributed by atoms with Crippen LogP contribution in [0.4, 0.5) is 10.1 Å². The Kier molecular flexibility index (Phi) is 2.92. The molecule has 84 valence electrons. The molecule has 0 bridgehead atoms. The van der Waals surface area contributed by atoms with Gasteiger partial charge in [-0.05, 0) is 24.6 Å². The maximum absolute atomic E-state index is 13.0. The van der Waals surface area contributed by atoms with Crippen LogP contribution < -0.4 is 4.90 Å². The van der Waals surface area contributed by atoms with E-state index in [-0.39, 0.29) is 5.56 Å². The van der Waals surface area contributed by atoms with Crippen molar-refractivity contribution in [2.24, 2.45) is 0 Å². The Morgan fingerprint density at radius 2 is 2.06 bits per heavy atom. The fourth-order valence-electron chi connectivity index (χ4n) is 1.71. The smallest absolute Gasteiger partial charge is 0.299 e. The highest BCUT2D eigenvalue weighted by molar-refractivity contribution is 6.52. The highest BCUT2D eigenvalue weighted by atomic mass is 35.5. The SMILES string of the molecule is O=C1C(=O)N(CCCCl)c2cc(F)ccc21.